The molecule has 0 amide bonds. The van der Waals surface area contributed by atoms with Crippen molar-refractivity contribution in [2.75, 3.05) is 12.0 Å². The minimum Gasteiger partial charge on any atom is -0.300 e. The average Bonchev–Trinajstić information content (AvgIpc) is 2.03. The van der Waals surface area contributed by atoms with Gasteiger partial charge in [-0.15, -0.1) is 0 Å². The van der Waals surface area contributed by atoms with E-state index < -0.39 is 0 Å². The zero-order chi connectivity index (χ0) is 12.9. The highest BCUT2D eigenvalue weighted by Crippen LogP contribution is 2.01. The van der Waals surface area contributed by atoms with Gasteiger partial charge in [-0.3, -0.25) is 0 Å². The Bertz CT molecular complexity index is 183. The van der Waals surface area contributed by atoms with Crippen molar-refractivity contribution in [3.05, 3.63) is 0 Å². The molecule has 0 aliphatic carbocycles. The molecule has 0 spiro atoms. The number of hydrogen-bond acceptors (Lipinski definition) is 2. The molecule has 0 N–H and O–H groups in total. The highest BCUT2D eigenvalue weighted by atomic mass is 32.2. The molecule has 1 atom stereocenters. The summed E-state index contributed by atoms with van der Waals surface area (Å²) in [6, 6.07) is 0. The van der Waals surface area contributed by atoms with Crippen LogP contribution in [0, 0.1) is 0 Å². The zero-order valence-electron chi connectivity index (χ0n) is 11.1. The fourth-order valence-corrected chi connectivity index (χ4v) is 1.05. The number of rotatable bonds is 3. The van der Waals surface area contributed by atoms with Crippen molar-refractivity contribution in [2.45, 2.75) is 69.7 Å². The maximum absolute atomic E-state index is 9.81. The van der Waals surface area contributed by atoms with Crippen LogP contribution in [0.5, 0.6) is 0 Å². The Hall–Kier alpha value is -0.440. The average molecular weight is 283 g/mol. The van der Waals surface area contributed by atoms with E-state index in [2.05, 4.69) is 19.0 Å². The Morgan fingerprint density at radius 3 is 1.22 bits per heavy atom. The molecule has 0 saturated heterocycles. The van der Waals surface area contributed by atoms with E-state index in [4.69, 9.17) is 0 Å². The van der Waals surface area contributed by atoms with Crippen molar-refractivity contribution in [3.8, 4) is 0 Å². The van der Waals surface area contributed by atoms with Crippen LogP contribution in [0.3, 0.4) is 0 Å². The molecule has 0 heterocycles. The summed E-state index contributed by atoms with van der Waals surface area (Å²) in [5.74, 6) is 5.57. The van der Waals surface area contributed by atoms with Crippen LogP contribution < -0.4 is 0 Å². The first-order valence-electron chi connectivity index (χ1n) is 5.16. The van der Waals surface area contributed by atoms with Crippen LogP contribution in [-0.4, -0.2) is 29.4 Å². The smallest absolute Gasteiger partial charge is 0.129 e. The third-order valence-electron chi connectivity index (χ3n) is 1.05. The Morgan fingerprint density at radius 1 is 1.00 bits per heavy atom. The second-order valence-corrected chi connectivity index (χ2v) is 5.42. The molecule has 0 aromatic heterocycles. The van der Waals surface area contributed by atoms with Gasteiger partial charge in [-0.05, 0) is 39.2 Å². The van der Waals surface area contributed by atoms with Gasteiger partial charge < -0.3 is 9.59 Å². The third-order valence-corrected chi connectivity index (χ3v) is 2.16. The Kier molecular flexibility index (Phi) is 60.1. The summed E-state index contributed by atoms with van der Waals surface area (Å²) in [4.78, 5) is 19.3. The van der Waals surface area contributed by atoms with E-state index >= 15 is 0 Å². The monoisotopic (exact) mass is 282 g/mol. The topological polar surface area (TPSA) is 34.1 Å². The molecule has 0 aliphatic rings. The van der Waals surface area contributed by atoms with Crippen LogP contribution in [0.2, 0.25) is 0 Å². The maximum Gasteiger partial charge on any atom is 0.129 e. The standard InChI is InChI=1S/C5H12S.C4H8O.C3H6O.3CH4/c1-4-5-6(2)3;1-3-4(2)5;1-3(2)4;;;/h2,4-5H2,1,3H3;3H2,1-2H3;1-2H3;3*1H4. The van der Waals surface area contributed by atoms with Crippen molar-refractivity contribution >= 4 is 27.9 Å². The van der Waals surface area contributed by atoms with Gasteiger partial charge in [0.2, 0.25) is 0 Å². The van der Waals surface area contributed by atoms with Gasteiger partial charge in [0.05, 0.1) is 0 Å². The molecule has 3 heteroatoms. The Morgan fingerprint density at radius 2 is 1.22 bits per heavy atom. The van der Waals surface area contributed by atoms with E-state index in [1.165, 1.54) is 26.0 Å². The second kappa shape index (κ2) is 30.0. The summed E-state index contributed by atoms with van der Waals surface area (Å²) >= 11 is 0. The largest absolute Gasteiger partial charge is 0.300 e. The third kappa shape index (κ3) is 159. The SMILES string of the molecule is C.C.C.C=S(C)CCC.CC(C)=O.CCC(C)=O. The number of carbonyl (C=O) groups is 2. The molecule has 0 aromatic carbocycles. The molecule has 0 bridgehead atoms. The number of ketones is 2. The predicted molar refractivity (Wildman–Crippen MR) is 93.3 cm³/mol. The molecule has 0 fully saturated rings. The van der Waals surface area contributed by atoms with Crippen molar-refractivity contribution in [1.29, 1.82) is 0 Å². The van der Waals surface area contributed by atoms with Crippen molar-refractivity contribution < 1.29 is 9.59 Å². The molecule has 0 saturated carbocycles. The van der Waals surface area contributed by atoms with Gasteiger partial charge in [0.15, 0.2) is 0 Å². The maximum atomic E-state index is 9.81. The normalized spacial score (nSPS) is 8.33. The lowest BCUT2D eigenvalue weighted by Crippen LogP contribution is -1.80. The lowest BCUT2D eigenvalue weighted by atomic mass is 10.4. The van der Waals surface area contributed by atoms with Crippen LogP contribution >= 0.6 is 10.5 Å². The number of hydrogen-bond donors (Lipinski definition) is 0. The van der Waals surface area contributed by atoms with Gasteiger partial charge in [0, 0.05) is 6.42 Å². The van der Waals surface area contributed by atoms with Crippen molar-refractivity contribution in [3.63, 3.8) is 0 Å². The quantitative estimate of drug-likeness (QED) is 0.665. The first-order valence-corrected chi connectivity index (χ1v) is 7.13. The molecule has 0 radical (unpaired) electrons. The van der Waals surface area contributed by atoms with Gasteiger partial charge in [0.25, 0.3) is 0 Å². The number of carbonyl (C=O) groups excluding carboxylic acids is 2. The highest BCUT2D eigenvalue weighted by Gasteiger charge is 1.77. The number of Topliss-reactive ketones (excluding diaryl/α,β-unsaturated/α-hetero) is 2. The van der Waals surface area contributed by atoms with Gasteiger partial charge in [-0.1, -0.05) is 42.0 Å². The summed E-state index contributed by atoms with van der Waals surface area (Å²) in [6.07, 6.45) is 4.12. The van der Waals surface area contributed by atoms with Crippen LogP contribution in [0.4, 0.5) is 0 Å². The summed E-state index contributed by atoms with van der Waals surface area (Å²) in [5, 5.41) is 0. The minimum absolute atomic E-state index is 0. The first kappa shape index (κ1) is 36.0. The summed E-state index contributed by atoms with van der Waals surface area (Å²) in [7, 11) is 0.434. The summed E-state index contributed by atoms with van der Waals surface area (Å²) in [5.41, 5.74) is 0. The molecule has 0 aromatic rings. The zero-order valence-corrected chi connectivity index (χ0v) is 11.9. The molecule has 2 nitrogen and oxygen atoms in total. The van der Waals surface area contributed by atoms with Crippen LogP contribution in [0.1, 0.15) is 69.7 Å². The fraction of sp³-hybridized carbons (Fsp3) is 0.800. The highest BCUT2D eigenvalue weighted by molar-refractivity contribution is 8.13. The van der Waals surface area contributed by atoms with E-state index in [0.717, 1.165) is 0 Å². The molecule has 0 aliphatic heterocycles. The van der Waals surface area contributed by atoms with E-state index in [1.807, 2.05) is 6.92 Å². The predicted octanol–water partition coefficient (Wildman–Crippen LogP) is 5.22. The van der Waals surface area contributed by atoms with Crippen LogP contribution in [0.15, 0.2) is 0 Å². The second-order valence-electron chi connectivity index (χ2n) is 3.45. The van der Waals surface area contributed by atoms with Crippen LogP contribution in [0.25, 0.3) is 0 Å². The summed E-state index contributed by atoms with van der Waals surface area (Å²) in [6.45, 7) is 8.68. The Balaban J connectivity index is -0.0000000282. The van der Waals surface area contributed by atoms with Crippen molar-refractivity contribution in [1.82, 2.24) is 0 Å². The molecule has 116 valence electrons. The fourth-order valence-electron chi connectivity index (χ4n) is 0.348. The van der Waals surface area contributed by atoms with Gasteiger partial charge in [-0.25, -0.2) is 0 Å². The van der Waals surface area contributed by atoms with E-state index in [-0.39, 0.29) is 33.8 Å². The van der Waals surface area contributed by atoms with Gasteiger partial charge >= 0.3 is 0 Å². The lowest BCUT2D eigenvalue weighted by molar-refractivity contribution is -0.117. The molecule has 0 rings (SSSR count). The minimum atomic E-state index is 0. The molecular formula is C15H38O2S. The van der Waals surface area contributed by atoms with Crippen LogP contribution in [-0.2, 0) is 9.59 Å². The summed E-state index contributed by atoms with van der Waals surface area (Å²) < 4.78 is 0. The first-order chi connectivity index (χ1) is 6.77. The molecule has 18 heavy (non-hydrogen) atoms. The van der Waals surface area contributed by atoms with E-state index in [9.17, 15) is 9.59 Å². The molecule has 1 unspecified atom stereocenters. The van der Waals surface area contributed by atoms with E-state index in [0.29, 0.717) is 16.9 Å². The van der Waals surface area contributed by atoms with Gasteiger partial charge in [0.1, 0.15) is 11.6 Å². The molecular weight excluding hydrogens is 244 g/mol. The van der Waals surface area contributed by atoms with E-state index in [1.54, 1.807) is 6.92 Å². The lowest BCUT2D eigenvalue weighted by Gasteiger charge is -1.90. The Labute approximate surface area is 119 Å². The van der Waals surface area contributed by atoms with Gasteiger partial charge in [-0.2, -0.15) is 10.5 Å². The van der Waals surface area contributed by atoms with Crippen molar-refractivity contribution in [2.24, 2.45) is 0 Å².